The molecular formula is C14H21ClN2O. The van der Waals surface area contributed by atoms with E-state index in [0.29, 0.717) is 12.5 Å². The number of para-hydroxylation sites is 1. The Morgan fingerprint density at radius 3 is 2.94 bits per heavy atom. The van der Waals surface area contributed by atoms with Crippen LogP contribution in [-0.2, 0) is 11.3 Å². The SMILES string of the molecule is COC1CN(c2c(Cl)cccc2CN)CCC1C. The molecule has 1 heterocycles. The Labute approximate surface area is 114 Å². The average molecular weight is 269 g/mol. The number of anilines is 1. The van der Waals surface area contributed by atoms with Crippen LogP contribution in [0.4, 0.5) is 5.69 Å². The van der Waals surface area contributed by atoms with Gasteiger partial charge in [-0.25, -0.2) is 0 Å². The van der Waals surface area contributed by atoms with Crippen LogP contribution in [0, 0.1) is 5.92 Å². The van der Waals surface area contributed by atoms with E-state index in [0.717, 1.165) is 35.8 Å². The van der Waals surface area contributed by atoms with Crippen molar-refractivity contribution in [1.29, 1.82) is 0 Å². The van der Waals surface area contributed by atoms with E-state index in [1.165, 1.54) is 0 Å². The fourth-order valence-electron chi connectivity index (χ4n) is 2.62. The van der Waals surface area contributed by atoms with E-state index in [-0.39, 0.29) is 6.10 Å². The minimum absolute atomic E-state index is 0.264. The molecule has 1 fully saturated rings. The zero-order valence-electron chi connectivity index (χ0n) is 11.0. The van der Waals surface area contributed by atoms with E-state index in [4.69, 9.17) is 22.1 Å². The minimum Gasteiger partial charge on any atom is -0.379 e. The van der Waals surface area contributed by atoms with Gasteiger partial charge >= 0.3 is 0 Å². The molecule has 1 saturated heterocycles. The highest BCUT2D eigenvalue weighted by molar-refractivity contribution is 6.33. The van der Waals surface area contributed by atoms with Crippen molar-refractivity contribution in [2.75, 3.05) is 25.1 Å². The lowest BCUT2D eigenvalue weighted by atomic mass is 9.95. The van der Waals surface area contributed by atoms with Crippen LogP contribution < -0.4 is 10.6 Å². The Morgan fingerprint density at radius 2 is 2.28 bits per heavy atom. The minimum atomic E-state index is 0.264. The summed E-state index contributed by atoms with van der Waals surface area (Å²) in [6.45, 7) is 4.65. The standard InChI is InChI=1S/C14H21ClN2O/c1-10-6-7-17(9-13(10)18-2)14-11(8-16)4-3-5-12(14)15/h3-5,10,13H,6-9,16H2,1-2H3. The first-order chi connectivity index (χ1) is 8.67. The van der Waals surface area contributed by atoms with Crippen LogP contribution in [0.2, 0.25) is 5.02 Å². The predicted molar refractivity (Wildman–Crippen MR) is 76.1 cm³/mol. The quantitative estimate of drug-likeness (QED) is 0.916. The summed E-state index contributed by atoms with van der Waals surface area (Å²) in [4.78, 5) is 2.30. The Hall–Kier alpha value is -0.770. The summed E-state index contributed by atoms with van der Waals surface area (Å²) in [5.74, 6) is 0.593. The summed E-state index contributed by atoms with van der Waals surface area (Å²) >= 11 is 6.33. The molecule has 0 bridgehead atoms. The average Bonchev–Trinajstić information content (AvgIpc) is 2.39. The molecule has 0 aromatic heterocycles. The van der Waals surface area contributed by atoms with Gasteiger partial charge in [-0.05, 0) is 24.0 Å². The van der Waals surface area contributed by atoms with Crippen LogP contribution in [-0.4, -0.2) is 26.3 Å². The van der Waals surface area contributed by atoms with Gasteiger partial charge in [0.15, 0.2) is 0 Å². The van der Waals surface area contributed by atoms with E-state index in [1.54, 1.807) is 7.11 Å². The van der Waals surface area contributed by atoms with Gasteiger partial charge in [0.2, 0.25) is 0 Å². The number of methoxy groups -OCH3 is 1. The highest BCUT2D eigenvalue weighted by atomic mass is 35.5. The van der Waals surface area contributed by atoms with Gasteiger partial charge in [0.05, 0.1) is 16.8 Å². The van der Waals surface area contributed by atoms with E-state index in [9.17, 15) is 0 Å². The number of halogens is 1. The van der Waals surface area contributed by atoms with Crippen molar-refractivity contribution in [3.8, 4) is 0 Å². The van der Waals surface area contributed by atoms with Gasteiger partial charge in [-0.15, -0.1) is 0 Å². The number of hydrogen-bond donors (Lipinski definition) is 1. The van der Waals surface area contributed by atoms with E-state index < -0.39 is 0 Å². The van der Waals surface area contributed by atoms with Crippen LogP contribution in [0.15, 0.2) is 18.2 Å². The summed E-state index contributed by atoms with van der Waals surface area (Å²) < 4.78 is 5.55. The van der Waals surface area contributed by atoms with Crippen LogP contribution in [0.3, 0.4) is 0 Å². The molecule has 3 nitrogen and oxygen atoms in total. The lowest BCUT2D eigenvalue weighted by Gasteiger charge is -2.38. The second-order valence-electron chi connectivity index (χ2n) is 4.94. The molecule has 2 N–H and O–H groups in total. The summed E-state index contributed by atoms with van der Waals surface area (Å²) in [7, 11) is 1.78. The molecule has 100 valence electrons. The largest absolute Gasteiger partial charge is 0.379 e. The summed E-state index contributed by atoms with van der Waals surface area (Å²) in [5.41, 5.74) is 7.99. The summed E-state index contributed by atoms with van der Waals surface area (Å²) in [6.07, 6.45) is 1.38. The van der Waals surface area contributed by atoms with Gasteiger partial charge < -0.3 is 15.4 Å². The zero-order chi connectivity index (χ0) is 13.1. The van der Waals surface area contributed by atoms with Gasteiger partial charge in [-0.2, -0.15) is 0 Å². The highest BCUT2D eigenvalue weighted by Crippen LogP contribution is 2.33. The molecule has 0 aliphatic carbocycles. The molecule has 1 aliphatic heterocycles. The maximum absolute atomic E-state index is 6.33. The summed E-state index contributed by atoms with van der Waals surface area (Å²) in [6, 6.07) is 5.92. The van der Waals surface area contributed by atoms with Crippen molar-refractivity contribution < 1.29 is 4.74 Å². The zero-order valence-corrected chi connectivity index (χ0v) is 11.8. The van der Waals surface area contributed by atoms with Gasteiger partial charge in [-0.1, -0.05) is 30.7 Å². The van der Waals surface area contributed by atoms with Crippen LogP contribution >= 0.6 is 11.6 Å². The summed E-state index contributed by atoms with van der Waals surface area (Å²) in [5, 5.41) is 0.780. The Balaban J connectivity index is 2.26. The maximum Gasteiger partial charge on any atom is 0.0772 e. The van der Waals surface area contributed by atoms with Crippen LogP contribution in [0.5, 0.6) is 0 Å². The van der Waals surface area contributed by atoms with Gasteiger partial charge in [0, 0.05) is 26.7 Å². The first-order valence-electron chi connectivity index (χ1n) is 6.42. The number of piperidine rings is 1. The second-order valence-corrected chi connectivity index (χ2v) is 5.35. The normalized spacial score (nSPS) is 24.3. The molecule has 0 radical (unpaired) electrons. The number of rotatable bonds is 3. The monoisotopic (exact) mass is 268 g/mol. The van der Waals surface area contributed by atoms with Crippen LogP contribution in [0.1, 0.15) is 18.9 Å². The lowest BCUT2D eigenvalue weighted by Crippen LogP contribution is -2.44. The molecule has 2 unspecified atom stereocenters. The molecule has 1 aromatic carbocycles. The number of benzene rings is 1. The van der Waals surface area contributed by atoms with Gasteiger partial charge in [0.25, 0.3) is 0 Å². The molecule has 1 aromatic rings. The molecule has 0 saturated carbocycles. The Bertz CT molecular complexity index is 411. The number of hydrogen-bond acceptors (Lipinski definition) is 3. The Morgan fingerprint density at radius 1 is 1.50 bits per heavy atom. The third-order valence-corrected chi connectivity index (χ3v) is 4.10. The van der Waals surface area contributed by atoms with Gasteiger partial charge in [-0.3, -0.25) is 0 Å². The van der Waals surface area contributed by atoms with E-state index in [2.05, 4.69) is 11.8 Å². The van der Waals surface area contributed by atoms with E-state index >= 15 is 0 Å². The number of nitrogens with zero attached hydrogens (tertiary/aromatic N) is 1. The highest BCUT2D eigenvalue weighted by Gasteiger charge is 2.27. The molecule has 4 heteroatoms. The molecule has 0 amide bonds. The van der Waals surface area contributed by atoms with Crippen molar-refractivity contribution in [1.82, 2.24) is 0 Å². The maximum atomic E-state index is 6.33. The second kappa shape index (κ2) is 5.91. The van der Waals surface area contributed by atoms with Crippen molar-refractivity contribution in [3.63, 3.8) is 0 Å². The van der Waals surface area contributed by atoms with Crippen LogP contribution in [0.25, 0.3) is 0 Å². The molecular weight excluding hydrogens is 248 g/mol. The fraction of sp³-hybridized carbons (Fsp3) is 0.571. The van der Waals surface area contributed by atoms with Crippen molar-refractivity contribution in [3.05, 3.63) is 28.8 Å². The number of ether oxygens (including phenoxy) is 1. The molecule has 2 rings (SSSR count). The van der Waals surface area contributed by atoms with Crippen molar-refractivity contribution in [2.24, 2.45) is 11.7 Å². The number of nitrogens with two attached hydrogens (primary N) is 1. The smallest absolute Gasteiger partial charge is 0.0772 e. The molecule has 1 aliphatic rings. The third-order valence-electron chi connectivity index (χ3n) is 3.80. The first-order valence-corrected chi connectivity index (χ1v) is 6.80. The van der Waals surface area contributed by atoms with Crippen molar-refractivity contribution in [2.45, 2.75) is 26.0 Å². The lowest BCUT2D eigenvalue weighted by molar-refractivity contribution is 0.0498. The first kappa shape index (κ1) is 13.7. The molecule has 0 spiro atoms. The molecule has 2 atom stereocenters. The third kappa shape index (κ3) is 2.63. The van der Waals surface area contributed by atoms with Gasteiger partial charge in [0.1, 0.15) is 0 Å². The predicted octanol–water partition coefficient (Wildman–Crippen LogP) is 2.66. The Kier molecular flexibility index (Phi) is 4.49. The topological polar surface area (TPSA) is 38.5 Å². The van der Waals surface area contributed by atoms with E-state index in [1.807, 2.05) is 18.2 Å². The van der Waals surface area contributed by atoms with Crippen molar-refractivity contribution >= 4 is 17.3 Å². The fourth-order valence-corrected chi connectivity index (χ4v) is 2.94. The molecule has 18 heavy (non-hydrogen) atoms.